The molecule has 0 aliphatic carbocycles. The van der Waals surface area contributed by atoms with Gasteiger partial charge in [0.05, 0.1) is 17.9 Å². The number of rotatable bonds is 5. The van der Waals surface area contributed by atoms with Crippen molar-refractivity contribution in [2.45, 2.75) is 25.5 Å². The van der Waals surface area contributed by atoms with Gasteiger partial charge in [0.15, 0.2) is 5.82 Å². The zero-order chi connectivity index (χ0) is 24.4. The molecule has 0 unspecified atom stereocenters. The van der Waals surface area contributed by atoms with E-state index in [9.17, 15) is 9.18 Å². The minimum atomic E-state index is -0.750. The van der Waals surface area contributed by atoms with Gasteiger partial charge in [0.25, 0.3) is 5.91 Å². The molecular formula is C26H26F2N4O2. The Morgan fingerprint density at radius 1 is 1.21 bits per heavy atom. The van der Waals surface area contributed by atoms with Crippen molar-refractivity contribution in [3.63, 3.8) is 0 Å². The fourth-order valence-corrected chi connectivity index (χ4v) is 4.52. The first-order valence-corrected chi connectivity index (χ1v) is 11.1. The third kappa shape index (κ3) is 4.32. The van der Waals surface area contributed by atoms with Crippen molar-refractivity contribution in [3.8, 4) is 28.5 Å². The maximum Gasteiger partial charge on any atom is 0.273 e. The largest absolute Gasteiger partial charge is 0.380 e. The molecule has 34 heavy (non-hydrogen) atoms. The van der Waals surface area contributed by atoms with Crippen LogP contribution in [-0.4, -0.2) is 41.6 Å². The molecule has 176 valence electrons. The van der Waals surface area contributed by atoms with E-state index in [4.69, 9.17) is 15.7 Å². The molecule has 1 atom stereocenters. The van der Waals surface area contributed by atoms with E-state index >= 15 is 4.39 Å². The van der Waals surface area contributed by atoms with Crippen LogP contribution in [0.25, 0.3) is 22.4 Å². The number of carbonyl (C=O) groups excluding carboxylic acids is 1. The Labute approximate surface area is 197 Å². The van der Waals surface area contributed by atoms with Crippen molar-refractivity contribution in [2.24, 2.45) is 12.8 Å². The average Bonchev–Trinajstić information content (AvgIpc) is 3.09. The van der Waals surface area contributed by atoms with Gasteiger partial charge < -0.3 is 19.9 Å². The first kappa shape index (κ1) is 23.6. The fraction of sp³-hybridized carbons (Fsp3) is 0.308. The van der Waals surface area contributed by atoms with E-state index in [0.717, 1.165) is 24.5 Å². The molecule has 1 saturated heterocycles. The van der Waals surface area contributed by atoms with E-state index in [0.29, 0.717) is 31.0 Å². The van der Waals surface area contributed by atoms with Gasteiger partial charge in [-0.2, -0.15) is 5.26 Å². The van der Waals surface area contributed by atoms with Gasteiger partial charge in [0.2, 0.25) is 0 Å². The summed E-state index contributed by atoms with van der Waals surface area (Å²) in [5.74, 6) is -1.93. The monoisotopic (exact) mass is 464 g/mol. The van der Waals surface area contributed by atoms with Crippen molar-refractivity contribution in [3.05, 3.63) is 70.9 Å². The number of nitrogens with two attached hydrogens (primary N) is 1. The van der Waals surface area contributed by atoms with Crippen molar-refractivity contribution < 1.29 is 18.3 Å². The van der Waals surface area contributed by atoms with Gasteiger partial charge in [-0.1, -0.05) is 30.3 Å². The first-order valence-electron chi connectivity index (χ1n) is 11.1. The molecule has 6 nitrogen and oxygen atoms in total. The second-order valence-corrected chi connectivity index (χ2v) is 8.54. The van der Waals surface area contributed by atoms with Gasteiger partial charge in [-0.05, 0) is 41.7 Å². The minimum absolute atomic E-state index is 0.107. The van der Waals surface area contributed by atoms with Gasteiger partial charge >= 0.3 is 0 Å². The zero-order valence-corrected chi connectivity index (χ0v) is 19.1. The van der Waals surface area contributed by atoms with E-state index in [1.807, 2.05) is 24.3 Å². The van der Waals surface area contributed by atoms with Gasteiger partial charge in [0.1, 0.15) is 17.6 Å². The molecule has 4 rings (SSSR count). The number of hydrogen-bond donors (Lipinski definition) is 1. The lowest BCUT2D eigenvalue weighted by atomic mass is 9.98. The van der Waals surface area contributed by atoms with Crippen molar-refractivity contribution in [1.29, 1.82) is 5.26 Å². The number of carbonyl (C=O) groups is 1. The summed E-state index contributed by atoms with van der Waals surface area (Å²) >= 11 is 0. The Bertz CT molecular complexity index is 1260. The number of hydrogen-bond acceptors (Lipinski definition) is 4. The van der Waals surface area contributed by atoms with Crippen LogP contribution < -0.4 is 5.73 Å². The van der Waals surface area contributed by atoms with Gasteiger partial charge in [0, 0.05) is 38.9 Å². The number of nitrogens with zero attached hydrogens (tertiary/aromatic N) is 3. The normalized spacial score (nSPS) is 15.9. The lowest BCUT2D eigenvalue weighted by Gasteiger charge is -2.30. The number of ether oxygens (including phenoxy) is 1. The Hall–Kier alpha value is -3.54. The standard InChI is InChI=1S/C26H26F2N4O2/c1-31-24(17-7-5-16(6-8-17)15-34-2)22(18-9-10-19(13-29)21(27)12-18)23(28)25(31)26(33)32-11-3-4-20(30)14-32/h5-10,12,20H,3-4,11,14-15,30H2,1-2H3/t20-/m1/s1. The SMILES string of the molecule is COCc1ccc(-c2c(-c3ccc(C#N)c(F)c3)c(F)c(C(=O)N3CCC[C@@H](N)C3)n2C)cc1. The molecule has 0 radical (unpaired) electrons. The summed E-state index contributed by atoms with van der Waals surface area (Å²) in [5.41, 5.74) is 8.19. The Morgan fingerprint density at radius 3 is 2.53 bits per heavy atom. The van der Waals surface area contributed by atoms with Crippen LogP contribution in [0, 0.1) is 23.0 Å². The number of aromatic nitrogens is 1. The number of nitriles is 1. The molecule has 0 spiro atoms. The first-order chi connectivity index (χ1) is 16.3. The second-order valence-electron chi connectivity index (χ2n) is 8.54. The van der Waals surface area contributed by atoms with E-state index in [-0.39, 0.29) is 28.4 Å². The highest BCUT2D eigenvalue weighted by atomic mass is 19.1. The average molecular weight is 465 g/mol. The number of benzene rings is 2. The summed E-state index contributed by atoms with van der Waals surface area (Å²) in [6, 6.07) is 12.9. The molecule has 2 N–H and O–H groups in total. The fourth-order valence-electron chi connectivity index (χ4n) is 4.52. The Kier molecular flexibility index (Phi) is 6.77. The highest BCUT2D eigenvalue weighted by Gasteiger charge is 2.32. The summed E-state index contributed by atoms with van der Waals surface area (Å²) < 4.78 is 37.2. The van der Waals surface area contributed by atoms with Gasteiger partial charge in [-0.25, -0.2) is 8.78 Å². The van der Waals surface area contributed by atoms with Gasteiger partial charge in [-0.15, -0.1) is 0 Å². The quantitative estimate of drug-likeness (QED) is 0.613. The Balaban J connectivity index is 1.89. The van der Waals surface area contributed by atoms with E-state index < -0.39 is 17.5 Å². The van der Waals surface area contributed by atoms with E-state index in [2.05, 4.69) is 0 Å². The Morgan fingerprint density at radius 2 is 1.91 bits per heavy atom. The van der Waals surface area contributed by atoms with Crippen molar-refractivity contribution in [1.82, 2.24) is 9.47 Å². The zero-order valence-electron chi connectivity index (χ0n) is 19.1. The summed E-state index contributed by atoms with van der Waals surface area (Å²) in [7, 11) is 3.23. The van der Waals surface area contributed by atoms with Crippen LogP contribution in [0.3, 0.4) is 0 Å². The maximum atomic E-state index is 16.0. The van der Waals surface area contributed by atoms with Crippen molar-refractivity contribution in [2.75, 3.05) is 20.2 Å². The lowest BCUT2D eigenvalue weighted by molar-refractivity contribution is 0.0694. The topological polar surface area (TPSA) is 84.3 Å². The van der Waals surface area contributed by atoms with E-state index in [1.165, 1.54) is 16.7 Å². The summed E-state index contributed by atoms with van der Waals surface area (Å²) in [6.45, 7) is 1.28. The molecule has 0 saturated carbocycles. The molecule has 2 aromatic carbocycles. The third-order valence-corrected chi connectivity index (χ3v) is 6.20. The minimum Gasteiger partial charge on any atom is -0.380 e. The molecule has 1 aromatic heterocycles. The molecule has 1 fully saturated rings. The highest BCUT2D eigenvalue weighted by Crippen LogP contribution is 2.39. The number of amides is 1. The van der Waals surface area contributed by atoms with Crippen LogP contribution in [0.2, 0.25) is 0 Å². The smallest absolute Gasteiger partial charge is 0.273 e. The number of likely N-dealkylation sites (tertiary alicyclic amines) is 1. The maximum absolute atomic E-state index is 16.0. The van der Waals surface area contributed by atoms with Crippen LogP contribution in [-0.2, 0) is 18.4 Å². The van der Waals surface area contributed by atoms with Crippen LogP contribution in [0.4, 0.5) is 8.78 Å². The summed E-state index contributed by atoms with van der Waals surface area (Å²) in [6.07, 6.45) is 1.56. The van der Waals surface area contributed by atoms with Gasteiger partial charge in [-0.3, -0.25) is 4.79 Å². The molecule has 1 amide bonds. The molecule has 3 aromatic rings. The highest BCUT2D eigenvalue weighted by molar-refractivity contribution is 5.98. The number of piperidine rings is 1. The van der Waals surface area contributed by atoms with Crippen LogP contribution >= 0.6 is 0 Å². The number of halogens is 2. The predicted molar refractivity (Wildman–Crippen MR) is 125 cm³/mol. The summed E-state index contributed by atoms with van der Waals surface area (Å²) in [4.78, 5) is 15.0. The van der Waals surface area contributed by atoms with Crippen LogP contribution in [0.1, 0.15) is 34.5 Å². The third-order valence-electron chi connectivity index (χ3n) is 6.20. The summed E-state index contributed by atoms with van der Waals surface area (Å²) in [5, 5.41) is 9.08. The van der Waals surface area contributed by atoms with E-state index in [1.54, 1.807) is 25.1 Å². The molecule has 8 heteroatoms. The van der Waals surface area contributed by atoms with Crippen molar-refractivity contribution >= 4 is 5.91 Å². The second kappa shape index (κ2) is 9.75. The van der Waals surface area contributed by atoms with Crippen LogP contribution in [0.15, 0.2) is 42.5 Å². The molecule has 1 aliphatic heterocycles. The number of methoxy groups -OCH3 is 1. The molecule has 2 heterocycles. The molecule has 0 bridgehead atoms. The molecular weight excluding hydrogens is 438 g/mol. The predicted octanol–water partition coefficient (Wildman–Crippen LogP) is 4.22. The lowest BCUT2D eigenvalue weighted by Crippen LogP contribution is -2.46. The van der Waals surface area contributed by atoms with Crippen LogP contribution in [0.5, 0.6) is 0 Å². The molecule has 1 aliphatic rings.